The fourth-order valence-electron chi connectivity index (χ4n) is 3.60. The second kappa shape index (κ2) is 7.83. The Labute approximate surface area is 175 Å². The van der Waals surface area contributed by atoms with Gasteiger partial charge in [-0.3, -0.25) is 24.6 Å². The molecule has 3 aromatic carbocycles. The highest BCUT2D eigenvalue weighted by Crippen LogP contribution is 2.43. The Hall–Kier alpha value is -4.33. The third kappa shape index (κ3) is 3.44. The fourth-order valence-corrected chi connectivity index (χ4v) is 3.60. The number of benzene rings is 3. The quantitative estimate of drug-likeness (QED) is 0.223. The first kappa shape index (κ1) is 20.0. The van der Waals surface area contributed by atoms with E-state index in [-0.39, 0.29) is 28.1 Å². The van der Waals surface area contributed by atoms with Crippen LogP contribution in [0.5, 0.6) is 0 Å². The molecule has 1 aliphatic heterocycles. The Balaban J connectivity index is 1.98. The number of halogens is 1. The molecular weight excluding hydrogens is 403 g/mol. The maximum absolute atomic E-state index is 14.8. The molecule has 0 bridgehead atoms. The molecule has 0 saturated carbocycles. The van der Waals surface area contributed by atoms with Gasteiger partial charge in [0.1, 0.15) is 11.6 Å². The van der Waals surface area contributed by atoms with Crippen molar-refractivity contribution in [3.8, 4) is 0 Å². The van der Waals surface area contributed by atoms with Crippen LogP contribution in [0.4, 0.5) is 15.8 Å². The number of nitrogens with zero attached hydrogens (tertiary/aromatic N) is 2. The van der Waals surface area contributed by atoms with E-state index in [0.29, 0.717) is 0 Å². The normalized spacial score (nSPS) is 17.7. The maximum Gasteiger partial charge on any atom is 0.300 e. The number of hydrogen-bond donors (Lipinski definition) is 1. The van der Waals surface area contributed by atoms with E-state index in [4.69, 9.17) is 0 Å². The number of carbonyl (C=O) groups excluding carboxylic acids is 2. The number of ketones is 1. The lowest BCUT2D eigenvalue weighted by atomic mass is 9.94. The Kier molecular flexibility index (Phi) is 5.04. The standard InChI is InChI=1S/C23H15FN2O5/c24-18-12-5-4-11-17(18)20-19(21(27)14-7-2-1-3-8-14)22(28)23(29)25(20)15-9-6-10-16(13-15)26(30)31/h1-13,20,27H/t20-/m0/s1. The highest BCUT2D eigenvalue weighted by molar-refractivity contribution is 6.51. The van der Waals surface area contributed by atoms with Crippen LogP contribution in [-0.2, 0) is 9.59 Å². The summed E-state index contributed by atoms with van der Waals surface area (Å²) in [6.07, 6.45) is 0. The third-order valence-corrected chi connectivity index (χ3v) is 5.01. The number of hydrogen-bond acceptors (Lipinski definition) is 5. The molecule has 8 heteroatoms. The highest BCUT2D eigenvalue weighted by Gasteiger charge is 2.48. The van der Waals surface area contributed by atoms with E-state index >= 15 is 0 Å². The van der Waals surface area contributed by atoms with Crippen molar-refractivity contribution >= 4 is 28.8 Å². The molecule has 0 aromatic heterocycles. The topological polar surface area (TPSA) is 101 Å². The zero-order chi connectivity index (χ0) is 22.1. The number of aliphatic hydroxyl groups excluding tert-OH is 1. The van der Waals surface area contributed by atoms with E-state index in [1.165, 1.54) is 42.5 Å². The number of carbonyl (C=O) groups is 2. The van der Waals surface area contributed by atoms with Crippen molar-refractivity contribution in [1.82, 2.24) is 0 Å². The number of anilines is 1. The first-order valence-corrected chi connectivity index (χ1v) is 9.25. The lowest BCUT2D eigenvalue weighted by Gasteiger charge is -2.25. The van der Waals surface area contributed by atoms with Gasteiger partial charge in [-0.2, -0.15) is 0 Å². The van der Waals surface area contributed by atoms with Crippen molar-refractivity contribution in [2.24, 2.45) is 0 Å². The molecule has 31 heavy (non-hydrogen) atoms. The number of aliphatic hydroxyl groups is 1. The van der Waals surface area contributed by atoms with Crippen molar-refractivity contribution in [2.45, 2.75) is 6.04 Å². The van der Waals surface area contributed by atoms with E-state index in [2.05, 4.69) is 0 Å². The number of Topliss-reactive ketones (excluding diaryl/α,β-unsaturated/α-hetero) is 1. The summed E-state index contributed by atoms with van der Waals surface area (Å²) < 4.78 is 14.8. The minimum atomic E-state index is -1.30. The zero-order valence-electron chi connectivity index (χ0n) is 15.9. The number of nitro groups is 1. The monoisotopic (exact) mass is 418 g/mol. The van der Waals surface area contributed by atoms with Gasteiger partial charge in [-0.25, -0.2) is 4.39 Å². The molecule has 1 amide bonds. The molecular formula is C23H15FN2O5. The Morgan fingerprint density at radius 2 is 1.65 bits per heavy atom. The van der Waals surface area contributed by atoms with E-state index in [1.807, 2.05) is 0 Å². The van der Waals surface area contributed by atoms with Crippen molar-refractivity contribution < 1.29 is 24.0 Å². The molecule has 1 fully saturated rings. The minimum absolute atomic E-state index is 0.0225. The number of rotatable bonds is 4. The molecule has 1 atom stereocenters. The Morgan fingerprint density at radius 3 is 2.32 bits per heavy atom. The smallest absolute Gasteiger partial charge is 0.300 e. The van der Waals surface area contributed by atoms with Gasteiger partial charge in [-0.15, -0.1) is 0 Å². The minimum Gasteiger partial charge on any atom is -0.507 e. The molecule has 1 saturated heterocycles. The molecule has 0 unspecified atom stereocenters. The SMILES string of the molecule is O=C1C(=O)N(c2cccc([N+](=O)[O-])c2)[C@@H](c2ccccc2F)C1=C(O)c1ccccc1. The van der Waals surface area contributed by atoms with Gasteiger partial charge < -0.3 is 5.11 Å². The van der Waals surface area contributed by atoms with Gasteiger partial charge in [0.15, 0.2) is 0 Å². The third-order valence-electron chi connectivity index (χ3n) is 5.01. The van der Waals surface area contributed by atoms with Crippen molar-refractivity contribution in [3.05, 3.63) is 111 Å². The van der Waals surface area contributed by atoms with E-state index in [0.717, 1.165) is 11.0 Å². The number of amides is 1. The molecule has 0 radical (unpaired) electrons. The van der Waals surface area contributed by atoms with Crippen LogP contribution >= 0.6 is 0 Å². The lowest BCUT2D eigenvalue weighted by molar-refractivity contribution is -0.384. The summed E-state index contributed by atoms with van der Waals surface area (Å²) in [4.78, 5) is 37.5. The Bertz CT molecular complexity index is 1240. The first-order valence-electron chi connectivity index (χ1n) is 9.25. The predicted octanol–water partition coefficient (Wildman–Crippen LogP) is 4.36. The molecule has 4 rings (SSSR count). The van der Waals surface area contributed by atoms with Crippen LogP contribution in [0, 0.1) is 15.9 Å². The van der Waals surface area contributed by atoms with Gasteiger partial charge in [-0.1, -0.05) is 54.6 Å². The average Bonchev–Trinajstić information content (AvgIpc) is 3.04. The summed E-state index contributed by atoms with van der Waals surface area (Å²) in [5.41, 5.74) is -0.300. The molecule has 1 heterocycles. The summed E-state index contributed by atoms with van der Waals surface area (Å²) in [5, 5.41) is 22.1. The Morgan fingerprint density at radius 1 is 0.968 bits per heavy atom. The molecule has 1 N–H and O–H groups in total. The number of nitro benzene ring substituents is 1. The van der Waals surface area contributed by atoms with Crippen molar-refractivity contribution in [3.63, 3.8) is 0 Å². The van der Waals surface area contributed by atoms with Gasteiger partial charge in [0.05, 0.1) is 22.2 Å². The van der Waals surface area contributed by atoms with Crippen LogP contribution in [0.1, 0.15) is 17.2 Å². The summed E-state index contributed by atoms with van der Waals surface area (Å²) >= 11 is 0. The highest BCUT2D eigenvalue weighted by atomic mass is 19.1. The first-order chi connectivity index (χ1) is 14.9. The van der Waals surface area contributed by atoms with Gasteiger partial charge in [0.25, 0.3) is 17.4 Å². The van der Waals surface area contributed by atoms with Gasteiger partial charge in [0, 0.05) is 23.3 Å². The molecule has 0 aliphatic carbocycles. The summed E-state index contributed by atoms with van der Waals surface area (Å²) in [6.45, 7) is 0. The second-order valence-electron chi connectivity index (χ2n) is 6.83. The van der Waals surface area contributed by atoms with Crippen LogP contribution in [0.3, 0.4) is 0 Å². The summed E-state index contributed by atoms with van der Waals surface area (Å²) in [5.74, 6) is -3.18. The van der Waals surface area contributed by atoms with Gasteiger partial charge in [0.2, 0.25) is 0 Å². The predicted molar refractivity (Wildman–Crippen MR) is 111 cm³/mol. The summed E-state index contributed by atoms with van der Waals surface area (Å²) in [6, 6.07) is 17.5. The van der Waals surface area contributed by atoms with Crippen LogP contribution in [0.15, 0.2) is 84.4 Å². The van der Waals surface area contributed by atoms with Gasteiger partial charge >= 0.3 is 0 Å². The molecule has 1 aliphatic rings. The fraction of sp³-hybridized carbons (Fsp3) is 0.0435. The molecule has 7 nitrogen and oxygen atoms in total. The maximum atomic E-state index is 14.8. The lowest BCUT2D eigenvalue weighted by Crippen LogP contribution is -2.29. The second-order valence-corrected chi connectivity index (χ2v) is 6.83. The average molecular weight is 418 g/mol. The summed E-state index contributed by atoms with van der Waals surface area (Å²) in [7, 11) is 0. The molecule has 3 aromatic rings. The number of non-ortho nitro benzene ring substituents is 1. The van der Waals surface area contributed by atoms with Crippen molar-refractivity contribution in [1.29, 1.82) is 0 Å². The largest absolute Gasteiger partial charge is 0.507 e. The van der Waals surface area contributed by atoms with E-state index in [9.17, 15) is 29.2 Å². The molecule has 0 spiro atoms. The van der Waals surface area contributed by atoms with Crippen LogP contribution in [0.25, 0.3) is 5.76 Å². The van der Waals surface area contributed by atoms with Gasteiger partial charge in [-0.05, 0) is 12.1 Å². The zero-order valence-corrected chi connectivity index (χ0v) is 15.9. The van der Waals surface area contributed by atoms with Crippen LogP contribution in [0.2, 0.25) is 0 Å². The van der Waals surface area contributed by atoms with E-state index < -0.39 is 34.2 Å². The van der Waals surface area contributed by atoms with Crippen LogP contribution in [-0.4, -0.2) is 21.7 Å². The van der Waals surface area contributed by atoms with E-state index in [1.54, 1.807) is 30.3 Å². The van der Waals surface area contributed by atoms with Crippen LogP contribution < -0.4 is 4.90 Å². The molecule has 154 valence electrons. The van der Waals surface area contributed by atoms with Crippen molar-refractivity contribution in [2.75, 3.05) is 4.90 Å².